The summed E-state index contributed by atoms with van der Waals surface area (Å²) >= 11 is 5.51. The van der Waals surface area contributed by atoms with Crippen LogP contribution in [-0.4, -0.2) is 15.2 Å². The van der Waals surface area contributed by atoms with Crippen LogP contribution >= 0.6 is 11.6 Å². The summed E-state index contributed by atoms with van der Waals surface area (Å²) in [6.45, 7) is 0. The lowest BCUT2D eigenvalue weighted by molar-refractivity contribution is -0.137. The molecule has 0 unspecified atom stereocenters. The highest BCUT2D eigenvalue weighted by Crippen LogP contribution is 2.37. The van der Waals surface area contributed by atoms with E-state index >= 15 is 0 Å². The number of anilines is 2. The van der Waals surface area contributed by atoms with Crippen LogP contribution in [0.2, 0.25) is 5.02 Å². The van der Waals surface area contributed by atoms with Crippen LogP contribution in [0, 0.1) is 0 Å². The Morgan fingerprint density at radius 3 is 2.37 bits per heavy atom. The monoisotopic (exact) mass is 289 g/mol. The van der Waals surface area contributed by atoms with Crippen molar-refractivity contribution in [2.45, 2.75) is 6.18 Å². The molecule has 1 heterocycles. The largest absolute Gasteiger partial charge is 0.417 e. The normalized spacial score (nSPS) is 11.6. The minimum atomic E-state index is -4.57. The topological polar surface area (TPSA) is 90.7 Å². The number of halogens is 4. The molecule has 0 bridgehead atoms. The number of alkyl halides is 3. The maximum atomic E-state index is 12.7. The summed E-state index contributed by atoms with van der Waals surface area (Å²) in [5.41, 5.74) is 9.94. The second-order valence-corrected chi connectivity index (χ2v) is 4.00. The van der Waals surface area contributed by atoms with Crippen molar-refractivity contribution in [1.29, 1.82) is 0 Å². The lowest BCUT2D eigenvalue weighted by Crippen LogP contribution is -2.08. The molecule has 0 saturated carbocycles. The van der Waals surface area contributed by atoms with Gasteiger partial charge in [-0.2, -0.15) is 18.2 Å². The SMILES string of the molecule is Nc1nnc(-c2ccc(Cl)c(C(F)(F)F)c2)c(N)n1. The van der Waals surface area contributed by atoms with Gasteiger partial charge in [0.05, 0.1) is 10.6 Å². The molecule has 4 N–H and O–H groups in total. The van der Waals surface area contributed by atoms with Gasteiger partial charge in [0.2, 0.25) is 5.95 Å². The van der Waals surface area contributed by atoms with Gasteiger partial charge in [-0.3, -0.25) is 0 Å². The Hall–Kier alpha value is -2.09. The molecule has 0 fully saturated rings. The van der Waals surface area contributed by atoms with Crippen LogP contribution in [0.5, 0.6) is 0 Å². The third-order valence-corrected chi connectivity index (χ3v) is 2.60. The fourth-order valence-corrected chi connectivity index (χ4v) is 1.67. The molecule has 0 atom stereocenters. The molecule has 9 heteroatoms. The van der Waals surface area contributed by atoms with E-state index in [2.05, 4.69) is 15.2 Å². The Balaban J connectivity index is 2.58. The van der Waals surface area contributed by atoms with Crippen molar-refractivity contribution >= 4 is 23.4 Å². The van der Waals surface area contributed by atoms with Gasteiger partial charge < -0.3 is 11.5 Å². The van der Waals surface area contributed by atoms with Crippen molar-refractivity contribution in [3.8, 4) is 11.3 Å². The zero-order valence-corrected chi connectivity index (χ0v) is 10.00. The molecule has 1 aromatic heterocycles. The van der Waals surface area contributed by atoms with E-state index in [9.17, 15) is 13.2 Å². The van der Waals surface area contributed by atoms with Crippen molar-refractivity contribution in [2.75, 3.05) is 11.5 Å². The maximum Gasteiger partial charge on any atom is 0.417 e. The van der Waals surface area contributed by atoms with Crippen LogP contribution in [-0.2, 0) is 6.18 Å². The van der Waals surface area contributed by atoms with E-state index < -0.39 is 16.8 Å². The van der Waals surface area contributed by atoms with Crippen molar-refractivity contribution in [1.82, 2.24) is 15.2 Å². The Morgan fingerprint density at radius 1 is 1.11 bits per heavy atom. The second kappa shape index (κ2) is 4.54. The Bertz CT molecular complexity index is 629. The van der Waals surface area contributed by atoms with E-state index in [0.717, 1.165) is 12.1 Å². The van der Waals surface area contributed by atoms with Crippen molar-refractivity contribution in [2.24, 2.45) is 0 Å². The highest BCUT2D eigenvalue weighted by atomic mass is 35.5. The van der Waals surface area contributed by atoms with Gasteiger partial charge in [0.1, 0.15) is 5.69 Å². The third-order valence-electron chi connectivity index (χ3n) is 2.28. The van der Waals surface area contributed by atoms with E-state index in [-0.39, 0.29) is 23.0 Å². The maximum absolute atomic E-state index is 12.7. The van der Waals surface area contributed by atoms with Gasteiger partial charge in [0, 0.05) is 5.56 Å². The summed E-state index contributed by atoms with van der Waals surface area (Å²) in [4.78, 5) is 3.63. The predicted molar refractivity (Wildman–Crippen MR) is 64.1 cm³/mol. The van der Waals surface area contributed by atoms with Crippen molar-refractivity contribution < 1.29 is 13.2 Å². The highest BCUT2D eigenvalue weighted by Gasteiger charge is 2.33. The van der Waals surface area contributed by atoms with Crippen molar-refractivity contribution in [3.05, 3.63) is 28.8 Å². The molecule has 1 aromatic carbocycles. The van der Waals surface area contributed by atoms with Gasteiger partial charge in [-0.15, -0.1) is 10.2 Å². The fraction of sp³-hybridized carbons (Fsp3) is 0.100. The van der Waals surface area contributed by atoms with Gasteiger partial charge in [0.25, 0.3) is 0 Å². The Morgan fingerprint density at radius 2 is 1.79 bits per heavy atom. The molecular weight excluding hydrogens is 283 g/mol. The molecule has 100 valence electrons. The van der Waals surface area contributed by atoms with Crippen LogP contribution in [0.25, 0.3) is 11.3 Å². The zero-order chi connectivity index (χ0) is 14.2. The Labute approximate surface area is 110 Å². The predicted octanol–water partition coefficient (Wildman–Crippen LogP) is 2.38. The van der Waals surface area contributed by atoms with E-state index in [4.69, 9.17) is 23.1 Å². The summed E-state index contributed by atoms with van der Waals surface area (Å²) in [6.07, 6.45) is -4.57. The summed E-state index contributed by atoms with van der Waals surface area (Å²) in [6, 6.07) is 3.29. The lowest BCUT2D eigenvalue weighted by atomic mass is 10.1. The minimum Gasteiger partial charge on any atom is -0.382 e. The highest BCUT2D eigenvalue weighted by molar-refractivity contribution is 6.31. The van der Waals surface area contributed by atoms with Crippen LogP contribution in [0.3, 0.4) is 0 Å². The molecule has 0 aliphatic carbocycles. The molecule has 19 heavy (non-hydrogen) atoms. The summed E-state index contributed by atoms with van der Waals surface area (Å²) in [5.74, 6) is -0.269. The number of nitrogen functional groups attached to an aromatic ring is 2. The first-order valence-corrected chi connectivity index (χ1v) is 5.29. The first-order chi connectivity index (χ1) is 8.79. The van der Waals surface area contributed by atoms with Gasteiger partial charge in [-0.1, -0.05) is 17.7 Å². The van der Waals surface area contributed by atoms with E-state index in [1.807, 2.05) is 0 Å². The number of hydrogen-bond acceptors (Lipinski definition) is 5. The quantitative estimate of drug-likeness (QED) is 0.841. The second-order valence-electron chi connectivity index (χ2n) is 3.60. The smallest absolute Gasteiger partial charge is 0.382 e. The lowest BCUT2D eigenvalue weighted by Gasteiger charge is -2.11. The van der Waals surface area contributed by atoms with Gasteiger partial charge in [-0.05, 0) is 12.1 Å². The third kappa shape index (κ3) is 2.68. The van der Waals surface area contributed by atoms with E-state index in [1.165, 1.54) is 6.07 Å². The van der Waals surface area contributed by atoms with Gasteiger partial charge >= 0.3 is 6.18 Å². The Kier molecular flexibility index (Phi) is 3.19. The number of benzene rings is 1. The zero-order valence-electron chi connectivity index (χ0n) is 9.24. The standard InChI is InChI=1S/C10H7ClF3N5/c11-6-2-1-4(3-5(6)10(12,13)14)7-8(15)17-9(16)19-18-7/h1-3H,(H4,15,16,17,19). The van der Waals surface area contributed by atoms with Crippen molar-refractivity contribution in [3.63, 3.8) is 0 Å². The molecule has 2 aromatic rings. The van der Waals surface area contributed by atoms with Gasteiger partial charge in [0.15, 0.2) is 5.82 Å². The van der Waals surface area contributed by atoms with Gasteiger partial charge in [-0.25, -0.2) is 0 Å². The molecule has 0 radical (unpaired) electrons. The average Bonchev–Trinajstić information content (AvgIpc) is 2.29. The van der Waals surface area contributed by atoms with Crippen LogP contribution in [0.1, 0.15) is 5.56 Å². The summed E-state index contributed by atoms with van der Waals surface area (Å²) < 4.78 is 38.2. The number of hydrogen-bond donors (Lipinski definition) is 2. The molecule has 5 nitrogen and oxygen atoms in total. The molecule has 2 rings (SSSR count). The summed E-state index contributed by atoms with van der Waals surface area (Å²) in [7, 11) is 0. The van der Waals surface area contributed by atoms with Crippen LogP contribution in [0.15, 0.2) is 18.2 Å². The molecule has 0 saturated heterocycles. The molecular formula is C10H7ClF3N5. The van der Waals surface area contributed by atoms with E-state index in [0.29, 0.717) is 0 Å². The minimum absolute atomic E-state index is 0.0105. The number of aromatic nitrogens is 3. The number of rotatable bonds is 1. The van der Waals surface area contributed by atoms with E-state index in [1.54, 1.807) is 0 Å². The molecule has 0 spiro atoms. The molecule has 0 aliphatic rings. The number of nitrogens with zero attached hydrogens (tertiary/aromatic N) is 3. The first-order valence-electron chi connectivity index (χ1n) is 4.92. The number of nitrogens with two attached hydrogens (primary N) is 2. The van der Waals surface area contributed by atoms with Crippen LogP contribution in [0.4, 0.5) is 24.9 Å². The average molecular weight is 290 g/mol. The first kappa shape index (κ1) is 13.3. The fourth-order valence-electron chi connectivity index (χ4n) is 1.45. The van der Waals surface area contributed by atoms with Crippen LogP contribution < -0.4 is 11.5 Å². The molecule has 0 aliphatic heterocycles. The molecule has 0 amide bonds. The summed E-state index contributed by atoms with van der Waals surface area (Å²) in [5, 5.41) is 6.67.